The molecule has 0 radical (unpaired) electrons. The van der Waals surface area contributed by atoms with Gasteiger partial charge in [-0.15, -0.1) is 0 Å². The number of nitrogens with zero attached hydrogens (tertiary/aromatic N) is 1. The monoisotopic (exact) mass is 320 g/mol. The van der Waals surface area contributed by atoms with Gasteiger partial charge in [-0.3, -0.25) is 0 Å². The van der Waals surface area contributed by atoms with Crippen molar-refractivity contribution in [2.45, 2.75) is 13.1 Å². The number of carbonyl (C=O) groups excluding carboxylic acids is 1. The molecule has 0 atom stereocenters. The minimum Gasteiger partial charge on any atom is -0.395 e. The molecule has 0 aliphatic carbocycles. The van der Waals surface area contributed by atoms with Gasteiger partial charge in [0, 0.05) is 25.9 Å². The normalized spacial score (nSPS) is 11.4. The van der Waals surface area contributed by atoms with Gasteiger partial charge in [-0.2, -0.15) is 13.2 Å². The Balaban J connectivity index is 2.86. The van der Waals surface area contributed by atoms with Gasteiger partial charge < -0.3 is 20.1 Å². The minimum atomic E-state index is -4.48. The van der Waals surface area contributed by atoms with Crippen molar-refractivity contribution in [2.24, 2.45) is 0 Å². The van der Waals surface area contributed by atoms with Gasteiger partial charge in [-0.1, -0.05) is 6.07 Å². The Hall–Kier alpha value is -1.80. The number of urea groups is 1. The fraction of sp³-hybridized carbons (Fsp3) is 0.500. The van der Waals surface area contributed by atoms with E-state index in [2.05, 4.69) is 5.32 Å². The van der Waals surface area contributed by atoms with E-state index in [1.54, 1.807) is 0 Å². The number of benzene rings is 1. The quantitative estimate of drug-likeness (QED) is 0.846. The van der Waals surface area contributed by atoms with E-state index in [0.717, 1.165) is 6.07 Å². The number of aryl methyl sites for hydroxylation is 1. The molecule has 0 spiro atoms. The lowest BCUT2D eigenvalue weighted by Gasteiger charge is -2.22. The van der Waals surface area contributed by atoms with Crippen LogP contribution in [0, 0.1) is 6.92 Å². The molecule has 2 N–H and O–H groups in total. The highest BCUT2D eigenvalue weighted by Gasteiger charge is 2.32. The highest BCUT2D eigenvalue weighted by molar-refractivity contribution is 5.89. The molecule has 2 amide bonds. The van der Waals surface area contributed by atoms with Gasteiger partial charge >= 0.3 is 12.2 Å². The predicted octanol–water partition coefficient (Wildman–Crippen LogP) is 2.49. The number of halogens is 3. The standard InChI is InChI=1S/C14H19F3N2O3/c1-10-3-4-11(9-12(10)14(15,16)17)18-13(21)19(5-7-20)6-8-22-2/h3-4,9,20H,5-8H2,1-2H3,(H,18,21). The maximum absolute atomic E-state index is 12.8. The third kappa shape index (κ3) is 5.19. The topological polar surface area (TPSA) is 61.8 Å². The second-order valence-corrected chi connectivity index (χ2v) is 4.66. The molecule has 0 fully saturated rings. The molecule has 0 heterocycles. The first-order valence-corrected chi connectivity index (χ1v) is 6.63. The number of aliphatic hydroxyl groups is 1. The summed E-state index contributed by atoms with van der Waals surface area (Å²) in [4.78, 5) is 13.3. The molecule has 5 nitrogen and oxygen atoms in total. The van der Waals surface area contributed by atoms with Crippen molar-refractivity contribution in [1.29, 1.82) is 0 Å². The van der Waals surface area contributed by atoms with Crippen molar-refractivity contribution in [2.75, 3.05) is 38.7 Å². The fourth-order valence-electron chi connectivity index (χ4n) is 1.84. The van der Waals surface area contributed by atoms with Crippen molar-refractivity contribution in [3.05, 3.63) is 29.3 Å². The third-order valence-electron chi connectivity index (χ3n) is 3.02. The number of anilines is 1. The molecule has 0 saturated carbocycles. The summed E-state index contributed by atoms with van der Waals surface area (Å²) in [7, 11) is 1.46. The van der Waals surface area contributed by atoms with Crippen LogP contribution in [0.3, 0.4) is 0 Å². The number of methoxy groups -OCH3 is 1. The summed E-state index contributed by atoms with van der Waals surface area (Å²) in [5.74, 6) is 0. The molecule has 124 valence electrons. The Kier molecular flexibility index (Phi) is 6.63. The molecule has 0 aromatic heterocycles. The van der Waals surface area contributed by atoms with E-state index in [-0.39, 0.29) is 37.6 Å². The van der Waals surface area contributed by atoms with Gasteiger partial charge in [0.1, 0.15) is 0 Å². The van der Waals surface area contributed by atoms with Crippen molar-refractivity contribution in [3.63, 3.8) is 0 Å². The number of rotatable bonds is 6. The van der Waals surface area contributed by atoms with Crippen LogP contribution in [0.15, 0.2) is 18.2 Å². The van der Waals surface area contributed by atoms with E-state index in [1.807, 2.05) is 0 Å². The zero-order valence-corrected chi connectivity index (χ0v) is 12.4. The Labute approximate surface area is 126 Å². The van der Waals surface area contributed by atoms with Crippen molar-refractivity contribution >= 4 is 11.7 Å². The lowest BCUT2D eigenvalue weighted by Crippen LogP contribution is -2.39. The van der Waals surface area contributed by atoms with E-state index in [1.165, 1.54) is 31.1 Å². The summed E-state index contributed by atoms with van der Waals surface area (Å²) in [6, 6.07) is 2.99. The van der Waals surface area contributed by atoms with E-state index in [0.29, 0.717) is 0 Å². The largest absolute Gasteiger partial charge is 0.416 e. The van der Waals surface area contributed by atoms with Crippen LogP contribution < -0.4 is 5.32 Å². The van der Waals surface area contributed by atoms with E-state index in [4.69, 9.17) is 9.84 Å². The molecular weight excluding hydrogens is 301 g/mol. The van der Waals surface area contributed by atoms with E-state index < -0.39 is 17.8 Å². The van der Waals surface area contributed by atoms with Crippen LogP contribution in [-0.2, 0) is 10.9 Å². The van der Waals surface area contributed by atoms with Crippen LogP contribution in [-0.4, -0.2) is 49.5 Å². The van der Waals surface area contributed by atoms with Gasteiger partial charge in [-0.25, -0.2) is 4.79 Å². The Bertz CT molecular complexity index is 507. The number of aliphatic hydroxyl groups excluding tert-OH is 1. The second kappa shape index (κ2) is 8.00. The predicted molar refractivity (Wildman–Crippen MR) is 75.7 cm³/mol. The van der Waals surface area contributed by atoms with Crippen molar-refractivity contribution in [3.8, 4) is 0 Å². The number of hydrogen-bond donors (Lipinski definition) is 2. The smallest absolute Gasteiger partial charge is 0.395 e. The summed E-state index contributed by atoms with van der Waals surface area (Å²) < 4.78 is 43.4. The molecule has 0 saturated heterocycles. The fourth-order valence-corrected chi connectivity index (χ4v) is 1.84. The number of ether oxygens (including phenoxy) is 1. The molecule has 22 heavy (non-hydrogen) atoms. The lowest BCUT2D eigenvalue weighted by atomic mass is 10.1. The van der Waals surface area contributed by atoms with Crippen LogP contribution in [0.2, 0.25) is 0 Å². The van der Waals surface area contributed by atoms with Gasteiger partial charge in [0.25, 0.3) is 0 Å². The molecule has 1 aromatic rings. The number of nitrogens with one attached hydrogen (secondary N) is 1. The number of carbonyl (C=O) groups is 1. The summed E-state index contributed by atoms with van der Waals surface area (Å²) in [6.07, 6.45) is -4.48. The first kappa shape index (κ1) is 18.2. The number of amides is 2. The minimum absolute atomic E-state index is 0.0447. The number of alkyl halides is 3. The first-order chi connectivity index (χ1) is 10.3. The average Bonchev–Trinajstić information content (AvgIpc) is 2.44. The highest BCUT2D eigenvalue weighted by Crippen LogP contribution is 2.33. The second-order valence-electron chi connectivity index (χ2n) is 4.66. The Morgan fingerprint density at radius 3 is 2.59 bits per heavy atom. The van der Waals surface area contributed by atoms with Gasteiger partial charge in [0.15, 0.2) is 0 Å². The molecule has 0 aliphatic heterocycles. The molecule has 0 unspecified atom stereocenters. The maximum atomic E-state index is 12.8. The third-order valence-corrected chi connectivity index (χ3v) is 3.02. The summed E-state index contributed by atoms with van der Waals surface area (Å²) >= 11 is 0. The van der Waals surface area contributed by atoms with Crippen molar-refractivity contribution < 1.29 is 27.8 Å². The summed E-state index contributed by atoms with van der Waals surface area (Å²) in [5, 5.41) is 11.3. The maximum Gasteiger partial charge on any atom is 0.416 e. The average molecular weight is 320 g/mol. The zero-order chi connectivity index (χ0) is 16.8. The molecule has 8 heteroatoms. The van der Waals surface area contributed by atoms with Crippen LogP contribution in [0.1, 0.15) is 11.1 Å². The molecular formula is C14H19F3N2O3. The van der Waals surface area contributed by atoms with Gasteiger partial charge in [0.05, 0.1) is 18.8 Å². The number of hydrogen-bond acceptors (Lipinski definition) is 3. The summed E-state index contributed by atoms with van der Waals surface area (Å²) in [6.45, 7) is 1.65. The molecule has 1 rings (SSSR count). The van der Waals surface area contributed by atoms with Crippen LogP contribution in [0.25, 0.3) is 0 Å². The molecule has 0 aliphatic rings. The van der Waals surface area contributed by atoms with Crippen LogP contribution >= 0.6 is 0 Å². The van der Waals surface area contributed by atoms with Crippen molar-refractivity contribution in [1.82, 2.24) is 4.90 Å². The Morgan fingerprint density at radius 2 is 2.05 bits per heavy atom. The lowest BCUT2D eigenvalue weighted by molar-refractivity contribution is -0.138. The Morgan fingerprint density at radius 1 is 1.36 bits per heavy atom. The molecule has 1 aromatic carbocycles. The van der Waals surface area contributed by atoms with E-state index in [9.17, 15) is 18.0 Å². The van der Waals surface area contributed by atoms with Gasteiger partial charge in [-0.05, 0) is 24.6 Å². The van der Waals surface area contributed by atoms with Gasteiger partial charge in [0.2, 0.25) is 0 Å². The first-order valence-electron chi connectivity index (χ1n) is 6.63. The van der Waals surface area contributed by atoms with E-state index >= 15 is 0 Å². The van der Waals surface area contributed by atoms with Crippen LogP contribution in [0.4, 0.5) is 23.7 Å². The SMILES string of the molecule is COCCN(CCO)C(=O)Nc1ccc(C)c(C(F)(F)F)c1. The highest BCUT2D eigenvalue weighted by atomic mass is 19.4. The zero-order valence-electron chi connectivity index (χ0n) is 12.4. The molecule has 0 bridgehead atoms. The summed E-state index contributed by atoms with van der Waals surface area (Å²) in [5.41, 5.74) is -0.670. The van der Waals surface area contributed by atoms with Crippen LogP contribution in [0.5, 0.6) is 0 Å².